The molecule has 0 amide bonds. The summed E-state index contributed by atoms with van der Waals surface area (Å²) in [6.45, 7) is 7.95. The van der Waals surface area contributed by atoms with Crippen molar-refractivity contribution in [2.24, 2.45) is 0 Å². The maximum absolute atomic E-state index is 11.0. The van der Waals surface area contributed by atoms with Crippen LogP contribution in [0.1, 0.15) is 59.3 Å². The number of aromatic nitrogens is 1. The molecular weight excluding hydrogens is 494 g/mol. The normalized spacial score (nSPS) is 21.9. The van der Waals surface area contributed by atoms with Crippen LogP contribution in [0, 0.1) is 10.1 Å². The Morgan fingerprint density at radius 2 is 1.72 bits per heavy atom. The molecule has 3 atom stereocenters. The molecule has 2 N–H and O–H groups in total. The van der Waals surface area contributed by atoms with Gasteiger partial charge in [-0.3, -0.25) is 10.1 Å². The number of nitro benzene ring substituents is 1. The summed E-state index contributed by atoms with van der Waals surface area (Å²) >= 11 is 0. The lowest BCUT2D eigenvalue weighted by Crippen LogP contribution is -2.54. The molecule has 2 aliphatic rings. The Hall–Kier alpha value is -3.59. The van der Waals surface area contributed by atoms with E-state index >= 15 is 0 Å². The van der Waals surface area contributed by atoms with Crippen molar-refractivity contribution in [2.75, 3.05) is 23.3 Å². The van der Waals surface area contributed by atoms with Gasteiger partial charge in [-0.2, -0.15) is 0 Å². The lowest BCUT2D eigenvalue weighted by Gasteiger charge is -2.40. The molecule has 5 rings (SSSR count). The number of anilines is 2. The van der Waals surface area contributed by atoms with E-state index < -0.39 is 0 Å². The Morgan fingerprint density at radius 1 is 1.00 bits per heavy atom. The van der Waals surface area contributed by atoms with E-state index in [-0.39, 0.29) is 22.3 Å². The van der Waals surface area contributed by atoms with E-state index in [4.69, 9.17) is 9.15 Å². The van der Waals surface area contributed by atoms with Crippen LogP contribution in [0.4, 0.5) is 17.4 Å². The molecule has 2 fully saturated rings. The van der Waals surface area contributed by atoms with Crippen LogP contribution in [0.15, 0.2) is 59.1 Å². The van der Waals surface area contributed by atoms with Crippen LogP contribution in [-0.4, -0.2) is 46.7 Å². The average molecular weight is 534 g/mol. The molecule has 0 bridgehead atoms. The van der Waals surface area contributed by atoms with Crippen LogP contribution < -0.4 is 20.3 Å². The number of benzene rings is 2. The van der Waals surface area contributed by atoms with Crippen LogP contribution in [0.25, 0.3) is 11.3 Å². The Morgan fingerprint density at radius 3 is 2.41 bits per heavy atom. The Balaban J connectivity index is 1.19. The average Bonchev–Trinajstić information content (AvgIpc) is 3.38. The van der Waals surface area contributed by atoms with Gasteiger partial charge in [0.15, 0.2) is 5.76 Å². The van der Waals surface area contributed by atoms with Crippen molar-refractivity contribution in [3.05, 3.63) is 64.8 Å². The maximum Gasteiger partial charge on any atom is 0.295 e. The molecule has 0 spiro atoms. The Bertz CT molecular complexity index is 1240. The van der Waals surface area contributed by atoms with Crippen molar-refractivity contribution in [1.29, 1.82) is 0 Å². The first kappa shape index (κ1) is 27.0. The summed E-state index contributed by atoms with van der Waals surface area (Å²) in [6, 6.07) is 16.3. The van der Waals surface area contributed by atoms with E-state index in [1.165, 1.54) is 12.8 Å². The van der Waals surface area contributed by atoms with Gasteiger partial charge in [0.05, 0.1) is 11.1 Å². The van der Waals surface area contributed by atoms with Gasteiger partial charge in [0.2, 0.25) is 0 Å². The molecule has 9 heteroatoms. The van der Waals surface area contributed by atoms with E-state index in [9.17, 15) is 10.1 Å². The number of hydrogen-bond donors (Lipinski definition) is 2. The monoisotopic (exact) mass is 533 g/mol. The quantitative estimate of drug-likeness (QED) is 0.253. The summed E-state index contributed by atoms with van der Waals surface area (Å²) in [7, 11) is 0. The summed E-state index contributed by atoms with van der Waals surface area (Å²) in [5, 5.41) is 18.5. The SMILES string of the molecule is CC(C)(C)Oc1ccc(-c2cnc(N[C@@H]3CCCC[C@H]3N[C@H]3CCCN(c4ccc([N+](=O)[O-])cc4)C3)o2)cc1. The Kier molecular flexibility index (Phi) is 8.07. The number of ether oxygens (including phenoxy) is 1. The van der Waals surface area contributed by atoms with Crippen LogP contribution in [0.2, 0.25) is 0 Å². The zero-order valence-corrected chi connectivity index (χ0v) is 23.1. The van der Waals surface area contributed by atoms with Crippen molar-refractivity contribution < 1.29 is 14.1 Å². The third-order valence-corrected chi connectivity index (χ3v) is 7.44. The largest absolute Gasteiger partial charge is 0.488 e. The molecule has 1 saturated carbocycles. The van der Waals surface area contributed by atoms with Crippen LogP contribution in [-0.2, 0) is 0 Å². The highest BCUT2D eigenvalue weighted by Crippen LogP contribution is 2.29. The zero-order chi connectivity index (χ0) is 27.4. The second-order valence-electron chi connectivity index (χ2n) is 11.6. The van der Waals surface area contributed by atoms with Gasteiger partial charge < -0.3 is 24.7 Å². The standard InChI is InChI=1S/C30H39N5O4/c1-30(2,3)39-25-16-10-21(11-17-25)28-19-31-29(38-28)33-27-9-5-4-8-26(27)32-22-7-6-18-34(20-22)23-12-14-24(15-13-23)35(36)37/h10-17,19,22,26-27,32H,4-9,18,20H2,1-3H3,(H,31,33)/t22-,26+,27+/m0/s1. The molecule has 2 aromatic carbocycles. The number of rotatable bonds is 8. The molecule has 9 nitrogen and oxygen atoms in total. The second-order valence-corrected chi connectivity index (χ2v) is 11.6. The third-order valence-electron chi connectivity index (χ3n) is 7.44. The number of oxazole rings is 1. The molecular formula is C30H39N5O4. The fourth-order valence-corrected chi connectivity index (χ4v) is 5.61. The summed E-state index contributed by atoms with van der Waals surface area (Å²) in [4.78, 5) is 17.5. The molecule has 1 aliphatic carbocycles. The summed E-state index contributed by atoms with van der Waals surface area (Å²) in [5.74, 6) is 1.56. The van der Waals surface area contributed by atoms with Gasteiger partial charge in [-0.05, 0) is 82.9 Å². The minimum absolute atomic E-state index is 0.128. The topological polar surface area (TPSA) is 106 Å². The summed E-state index contributed by atoms with van der Waals surface area (Å²) in [6.07, 6.45) is 8.53. The highest BCUT2D eigenvalue weighted by Gasteiger charge is 2.30. The molecule has 0 radical (unpaired) electrons. The lowest BCUT2D eigenvalue weighted by atomic mass is 9.89. The predicted octanol–water partition coefficient (Wildman–Crippen LogP) is 6.41. The lowest BCUT2D eigenvalue weighted by molar-refractivity contribution is -0.384. The molecule has 39 heavy (non-hydrogen) atoms. The van der Waals surface area contributed by atoms with Crippen molar-refractivity contribution in [1.82, 2.24) is 10.3 Å². The smallest absolute Gasteiger partial charge is 0.295 e. The minimum atomic E-state index is -0.351. The number of nitrogens with zero attached hydrogens (tertiary/aromatic N) is 3. The van der Waals surface area contributed by atoms with Gasteiger partial charge in [0.25, 0.3) is 11.7 Å². The molecule has 2 heterocycles. The van der Waals surface area contributed by atoms with Gasteiger partial charge in [0, 0.05) is 54.6 Å². The zero-order valence-electron chi connectivity index (χ0n) is 23.1. The molecule has 1 aliphatic heterocycles. The summed E-state index contributed by atoms with van der Waals surface area (Å²) < 4.78 is 12.0. The number of non-ortho nitro benzene ring substituents is 1. The predicted molar refractivity (Wildman–Crippen MR) is 153 cm³/mol. The molecule has 0 unspecified atom stereocenters. The van der Waals surface area contributed by atoms with E-state index in [0.29, 0.717) is 18.1 Å². The van der Waals surface area contributed by atoms with Gasteiger partial charge in [0.1, 0.15) is 11.4 Å². The third kappa shape index (κ3) is 7.09. The van der Waals surface area contributed by atoms with Gasteiger partial charge in [-0.1, -0.05) is 12.8 Å². The van der Waals surface area contributed by atoms with Crippen molar-refractivity contribution in [3.63, 3.8) is 0 Å². The number of nitro groups is 1. The van der Waals surface area contributed by atoms with E-state index in [0.717, 1.165) is 61.5 Å². The fraction of sp³-hybridized carbons (Fsp3) is 0.500. The highest BCUT2D eigenvalue weighted by molar-refractivity contribution is 5.58. The first-order chi connectivity index (χ1) is 18.7. The van der Waals surface area contributed by atoms with Crippen LogP contribution >= 0.6 is 0 Å². The van der Waals surface area contributed by atoms with E-state index in [1.807, 2.05) is 57.2 Å². The fourth-order valence-electron chi connectivity index (χ4n) is 5.61. The maximum atomic E-state index is 11.0. The molecule has 1 saturated heterocycles. The second kappa shape index (κ2) is 11.7. The molecule has 3 aromatic rings. The van der Waals surface area contributed by atoms with Crippen molar-refractivity contribution in [3.8, 4) is 17.1 Å². The van der Waals surface area contributed by atoms with Gasteiger partial charge in [-0.25, -0.2) is 4.98 Å². The molecule has 1 aromatic heterocycles. The first-order valence-corrected chi connectivity index (χ1v) is 14.0. The number of piperidine rings is 1. The summed E-state index contributed by atoms with van der Waals surface area (Å²) in [5.41, 5.74) is 1.89. The van der Waals surface area contributed by atoms with E-state index in [1.54, 1.807) is 18.3 Å². The molecule has 208 valence electrons. The Labute approximate surface area is 230 Å². The van der Waals surface area contributed by atoms with Gasteiger partial charge >= 0.3 is 0 Å². The highest BCUT2D eigenvalue weighted by atomic mass is 16.6. The minimum Gasteiger partial charge on any atom is -0.488 e. The van der Waals surface area contributed by atoms with Crippen molar-refractivity contribution >= 4 is 17.4 Å². The van der Waals surface area contributed by atoms with E-state index in [2.05, 4.69) is 20.5 Å². The van der Waals surface area contributed by atoms with Crippen LogP contribution in [0.3, 0.4) is 0 Å². The number of hydrogen-bond acceptors (Lipinski definition) is 8. The first-order valence-electron chi connectivity index (χ1n) is 14.0. The van der Waals surface area contributed by atoms with Crippen molar-refractivity contribution in [2.45, 2.75) is 83.0 Å². The van der Waals surface area contributed by atoms with Gasteiger partial charge in [-0.15, -0.1) is 0 Å². The van der Waals surface area contributed by atoms with Crippen LogP contribution in [0.5, 0.6) is 5.75 Å². The number of nitrogens with one attached hydrogen (secondary N) is 2.